The molecular weight excluding hydrogens is 1540 g/mol. The highest BCUT2D eigenvalue weighted by Crippen LogP contribution is 2.48. The molecule has 125 heavy (non-hydrogen) atoms. The van der Waals surface area contributed by atoms with Gasteiger partial charge in [0.05, 0.1) is 16.6 Å². The zero-order valence-corrected chi connectivity index (χ0v) is 87.4. The number of halogens is 6. The van der Waals surface area contributed by atoms with Gasteiger partial charge in [0.15, 0.2) is 0 Å². The fourth-order valence-electron chi connectivity index (χ4n) is 15.7. The first-order chi connectivity index (χ1) is 58.1. The van der Waals surface area contributed by atoms with Crippen molar-refractivity contribution in [3.63, 3.8) is 0 Å². The molecule has 0 aliphatic rings. The van der Waals surface area contributed by atoms with E-state index >= 15 is 0 Å². The summed E-state index contributed by atoms with van der Waals surface area (Å²) in [5, 5.41) is 0. The molecule has 0 bridgehead atoms. The molecule has 0 heterocycles. The molecule has 0 saturated carbocycles. The molecule has 0 radical (unpaired) electrons. The van der Waals surface area contributed by atoms with E-state index in [4.69, 9.17) is 8.22 Å². The number of alkyl halides is 6. The predicted octanol–water partition coefficient (Wildman–Crippen LogP) is 37.5. The summed E-state index contributed by atoms with van der Waals surface area (Å²) >= 11 is 0. The molecule has 0 aliphatic carbocycles. The Balaban J connectivity index is 0.000000397. The lowest BCUT2D eigenvalue weighted by atomic mass is 9.66. The highest BCUT2D eigenvalue weighted by Gasteiger charge is 2.40. The number of hydrogen-bond donors (Lipinski definition) is 0. The van der Waals surface area contributed by atoms with Crippen molar-refractivity contribution in [2.24, 2.45) is 5.41 Å². The van der Waals surface area contributed by atoms with Crippen LogP contribution in [0.3, 0.4) is 0 Å². The largest absolute Gasteiger partial charge is 0.416 e. The van der Waals surface area contributed by atoms with Crippen molar-refractivity contribution in [3.05, 3.63) is 294 Å². The zero-order chi connectivity index (χ0) is 103. The lowest BCUT2D eigenvalue weighted by Gasteiger charge is -2.38. The molecule has 9 aromatic carbocycles. The maximum absolute atomic E-state index is 12.8. The fraction of sp³-hybridized carbons (Fsp3) is 0.546. The molecule has 0 saturated heterocycles. The van der Waals surface area contributed by atoms with Crippen LogP contribution in [0, 0.1) is 19.3 Å². The topological polar surface area (TPSA) is 0 Å². The summed E-state index contributed by atoms with van der Waals surface area (Å²) in [6.45, 7) is 102. The second kappa shape index (κ2) is 40.7. The minimum atomic E-state index is -4.27. The maximum atomic E-state index is 12.8. The van der Waals surface area contributed by atoms with E-state index in [1.54, 1.807) is 73.1 Å². The SMILES string of the molecule is CC(C)(C)c1cc(C(C)(C)C)c(C(C)(C)C)c(C(C)(C)C)c1.CC(C)(C)c1ccc(C(C)(C)C)c(C(C)(C)C)c1.CC(C)(C)c1cccc(-c2ccccc2)c1C(C)(C)C.CC(C)(C)c1ccccc1C(F)(F)F.Cc1cccc(C(F)(F)F)c1C(C)(C)C.[2H]C([2H])(c1ccc(C(C)(C)C)cc1)C(C)(C)C.[2H]c1c([2H])c(C)c([2H])c(-c2cccc(C(C)(C)C)c2C(C)(C)C)c1[2H]. The van der Waals surface area contributed by atoms with E-state index in [1.165, 1.54) is 85.0 Å². The van der Waals surface area contributed by atoms with E-state index in [2.05, 4.69) is 334 Å². The number of benzene rings is 9. The first-order valence-electron chi connectivity index (χ1n) is 48.3. The Labute approximate surface area is 771 Å². The van der Waals surface area contributed by atoms with E-state index in [9.17, 15) is 26.3 Å². The molecule has 9 rings (SSSR count). The van der Waals surface area contributed by atoms with Crippen molar-refractivity contribution in [2.45, 2.75) is 420 Å². The molecule has 0 amide bonds. The first-order valence-corrected chi connectivity index (χ1v) is 45.3. The van der Waals surface area contributed by atoms with Crippen molar-refractivity contribution in [2.75, 3.05) is 0 Å². The van der Waals surface area contributed by atoms with Crippen molar-refractivity contribution in [1.82, 2.24) is 0 Å². The van der Waals surface area contributed by atoms with Gasteiger partial charge in [-0.15, -0.1) is 0 Å². The van der Waals surface area contributed by atoms with Crippen molar-refractivity contribution in [1.29, 1.82) is 0 Å². The van der Waals surface area contributed by atoms with Crippen LogP contribution in [0.1, 0.15) is 425 Å². The van der Waals surface area contributed by atoms with Gasteiger partial charge in [-0.05, 0) is 225 Å². The maximum Gasteiger partial charge on any atom is 0.416 e. The normalized spacial score (nSPS) is 14.0. The lowest BCUT2D eigenvalue weighted by molar-refractivity contribution is -0.139. The van der Waals surface area contributed by atoms with E-state index in [0.717, 1.165) is 28.8 Å². The Kier molecular flexibility index (Phi) is 33.0. The van der Waals surface area contributed by atoms with Crippen LogP contribution in [-0.2, 0) is 94.5 Å². The van der Waals surface area contributed by atoms with Gasteiger partial charge in [0.2, 0.25) is 0 Å². The van der Waals surface area contributed by atoms with Crippen LogP contribution in [0.15, 0.2) is 188 Å². The lowest BCUT2D eigenvalue weighted by Crippen LogP contribution is -2.29. The van der Waals surface area contributed by atoms with Gasteiger partial charge in [-0.1, -0.05) is 493 Å². The fourth-order valence-corrected chi connectivity index (χ4v) is 15.7. The third-order valence-corrected chi connectivity index (χ3v) is 21.9. The Morgan fingerprint density at radius 3 is 0.880 bits per heavy atom. The van der Waals surface area contributed by atoms with E-state index < -0.39 is 46.1 Å². The minimum Gasteiger partial charge on any atom is -0.166 e. The van der Waals surface area contributed by atoms with Gasteiger partial charge in [0, 0.05) is 2.74 Å². The Hall–Kier alpha value is -7.44. The van der Waals surface area contributed by atoms with E-state index in [0.29, 0.717) is 27.8 Å². The summed E-state index contributed by atoms with van der Waals surface area (Å²) < 4.78 is 125. The van der Waals surface area contributed by atoms with Gasteiger partial charge >= 0.3 is 12.4 Å². The molecule has 0 aliphatic heterocycles. The second-order valence-corrected chi connectivity index (χ2v) is 50.0. The molecule has 692 valence electrons. The second-order valence-electron chi connectivity index (χ2n) is 50.0. The Morgan fingerprint density at radius 2 is 0.552 bits per heavy atom. The Morgan fingerprint density at radius 1 is 0.240 bits per heavy atom. The molecule has 6 heteroatoms. The third-order valence-electron chi connectivity index (χ3n) is 21.9. The monoisotopic (exact) mass is 1720 g/mol. The van der Waals surface area contributed by atoms with Gasteiger partial charge in [0.1, 0.15) is 0 Å². The van der Waals surface area contributed by atoms with Crippen molar-refractivity contribution >= 4 is 0 Å². The van der Waals surface area contributed by atoms with Crippen LogP contribution in [0.5, 0.6) is 0 Å². The van der Waals surface area contributed by atoms with Crippen LogP contribution in [0.2, 0.25) is 0 Å². The summed E-state index contributed by atoms with van der Waals surface area (Å²) in [6.07, 6.45) is -9.83. The molecule has 0 N–H and O–H groups in total. The van der Waals surface area contributed by atoms with Gasteiger partial charge in [0.25, 0.3) is 0 Å². The molecule has 9 aromatic rings. The zero-order valence-electron chi connectivity index (χ0n) is 93.4. The van der Waals surface area contributed by atoms with E-state index in [-0.39, 0.29) is 89.1 Å². The first kappa shape index (κ1) is 101. The standard InChI is InChI=1S/C22H38.C21H28.C20H26.C18H30.C15H24.C12H15F3.C11H13F3/c1-19(2,3)15-13-16(20(4,5)6)18(22(10,11)12)17(14-15)21(7,8)9;1-15-10-8-11-16(14-15)17-12-9-13-18(20(2,3)4)19(17)21(5,6)7;1-19(2,3)17-14-10-13-16(18(17)20(4,5)6)15-11-8-7-9-12-15;1-16(2,3)13-10-11-14(17(4,5)6)15(12-13)18(7,8)9;1-14(2,3)11-12-7-9-13(10-8-12)15(4,5)6;1-8-6-5-7-9(12(13,14)15)10(8)11(2,3)4;1-10(2,3)8-6-4-5-7-9(8)11(12,13)14/h13-14H,1-12H3;8-14H,1-7H3;7-14H,1-6H3;10-12H,1-9H3;7-10H,11H2,1-6H3;5-7H,1-4H3;4-7H,1-3H3/i;8D,10D,11D,14D;;;11D2;;. The summed E-state index contributed by atoms with van der Waals surface area (Å²) in [7, 11) is 0. The number of hydrogen-bond acceptors (Lipinski definition) is 0. The molecule has 0 nitrogen and oxygen atoms in total. The average molecular weight is 1720 g/mol. The minimum absolute atomic E-state index is 0.0250. The van der Waals surface area contributed by atoms with Gasteiger partial charge in [-0.3, -0.25) is 0 Å². The van der Waals surface area contributed by atoms with Crippen LogP contribution in [0.4, 0.5) is 26.3 Å². The van der Waals surface area contributed by atoms with Crippen LogP contribution in [0.25, 0.3) is 22.3 Å². The third kappa shape index (κ3) is 34.2. The van der Waals surface area contributed by atoms with Gasteiger partial charge in [-0.2, -0.15) is 26.3 Å². The predicted molar refractivity (Wildman–Crippen MR) is 540 cm³/mol. The summed E-state index contributed by atoms with van der Waals surface area (Å²) in [5.41, 5.74) is 22.5. The molecule has 0 atom stereocenters. The van der Waals surface area contributed by atoms with Gasteiger partial charge in [-0.25, -0.2) is 0 Å². The smallest absolute Gasteiger partial charge is 0.166 e. The molecule has 0 fully saturated rings. The summed E-state index contributed by atoms with van der Waals surface area (Å²) in [6, 6.07) is 53.4. The molecule has 0 unspecified atom stereocenters. The summed E-state index contributed by atoms with van der Waals surface area (Å²) in [5.74, 6) is 0. The average Bonchev–Trinajstić information content (AvgIpc) is 0.746. The summed E-state index contributed by atoms with van der Waals surface area (Å²) in [4.78, 5) is 0. The quantitative estimate of drug-likeness (QED) is 0.155. The number of rotatable bonds is 3. The van der Waals surface area contributed by atoms with Crippen LogP contribution >= 0.6 is 0 Å². The van der Waals surface area contributed by atoms with E-state index in [1.807, 2.05) is 57.2 Å². The van der Waals surface area contributed by atoms with Crippen LogP contribution in [-0.4, -0.2) is 0 Å². The molecule has 0 spiro atoms. The highest BCUT2D eigenvalue weighted by molar-refractivity contribution is 5.73. The molecule has 0 aromatic heterocycles. The molecular formula is C119H174F6. The van der Waals surface area contributed by atoms with Gasteiger partial charge < -0.3 is 0 Å². The van der Waals surface area contributed by atoms with Crippen molar-refractivity contribution in [3.8, 4) is 22.3 Å². The van der Waals surface area contributed by atoms with Crippen LogP contribution < -0.4 is 0 Å². The Bertz CT molecular complexity index is 5150. The van der Waals surface area contributed by atoms with Crippen molar-refractivity contribution < 1.29 is 34.6 Å². The highest BCUT2D eigenvalue weighted by atomic mass is 19.4. The number of aryl methyl sites for hydroxylation is 1.